The van der Waals surface area contributed by atoms with Crippen LogP contribution in [0.5, 0.6) is 5.75 Å². The Labute approximate surface area is 183 Å². The Morgan fingerprint density at radius 1 is 1.03 bits per heavy atom. The normalized spacial score (nSPS) is 14.2. The Bertz CT molecular complexity index is 822. The van der Waals surface area contributed by atoms with E-state index in [0.717, 1.165) is 23.5 Å². The molecule has 2 aromatic rings. The van der Waals surface area contributed by atoms with E-state index in [1.807, 2.05) is 60.5 Å². The van der Waals surface area contributed by atoms with Crippen molar-refractivity contribution in [3.8, 4) is 5.75 Å². The lowest BCUT2D eigenvalue weighted by molar-refractivity contribution is -0.129. The van der Waals surface area contributed by atoms with E-state index < -0.39 is 0 Å². The highest BCUT2D eigenvalue weighted by Gasteiger charge is 2.22. The van der Waals surface area contributed by atoms with Gasteiger partial charge in [0.25, 0.3) is 5.91 Å². The minimum atomic E-state index is -0.150. The standard InChI is InChI=1S/C24H30N2O3S/c1-26(19-10-4-2-5-11-19)23(27)18-30-22-15-9-8-14-21(22)24(28)25-16-17-29-20-12-6-3-7-13-20/h3,6-9,12-15,19H,2,4-5,10-11,16-18H2,1H3,(H,25,28). The summed E-state index contributed by atoms with van der Waals surface area (Å²) in [7, 11) is 1.91. The van der Waals surface area contributed by atoms with E-state index in [4.69, 9.17) is 4.74 Å². The lowest BCUT2D eigenvalue weighted by atomic mass is 9.94. The van der Waals surface area contributed by atoms with Crippen molar-refractivity contribution < 1.29 is 14.3 Å². The van der Waals surface area contributed by atoms with Crippen LogP contribution in [-0.4, -0.2) is 48.7 Å². The predicted octanol–water partition coefficient (Wildman–Crippen LogP) is 4.38. The van der Waals surface area contributed by atoms with E-state index in [1.165, 1.54) is 31.0 Å². The second-order valence-electron chi connectivity index (χ2n) is 7.50. The first kappa shape index (κ1) is 22.2. The first-order valence-electron chi connectivity index (χ1n) is 10.6. The number of hydrogen-bond donors (Lipinski definition) is 1. The van der Waals surface area contributed by atoms with Crippen LogP contribution in [0.15, 0.2) is 59.5 Å². The van der Waals surface area contributed by atoms with Gasteiger partial charge in [0.2, 0.25) is 5.91 Å². The number of carbonyl (C=O) groups is 2. The van der Waals surface area contributed by atoms with Crippen LogP contribution in [0.25, 0.3) is 0 Å². The Kier molecular flexibility index (Phi) is 8.63. The molecule has 0 aliphatic heterocycles. The van der Waals surface area contributed by atoms with Crippen LogP contribution in [-0.2, 0) is 4.79 Å². The van der Waals surface area contributed by atoms with Gasteiger partial charge in [-0.05, 0) is 37.1 Å². The van der Waals surface area contributed by atoms with E-state index >= 15 is 0 Å². The molecule has 6 heteroatoms. The summed E-state index contributed by atoms with van der Waals surface area (Å²) in [6.45, 7) is 0.811. The fourth-order valence-electron chi connectivity index (χ4n) is 3.64. The van der Waals surface area contributed by atoms with Gasteiger partial charge in [0.15, 0.2) is 0 Å². The van der Waals surface area contributed by atoms with Crippen LogP contribution in [0.2, 0.25) is 0 Å². The Morgan fingerprint density at radius 2 is 1.73 bits per heavy atom. The molecule has 1 aliphatic rings. The number of para-hydroxylation sites is 1. The maximum Gasteiger partial charge on any atom is 0.252 e. The second-order valence-corrected chi connectivity index (χ2v) is 8.52. The summed E-state index contributed by atoms with van der Waals surface area (Å²) < 4.78 is 5.62. The molecule has 1 saturated carbocycles. The fourth-order valence-corrected chi connectivity index (χ4v) is 4.61. The van der Waals surface area contributed by atoms with Gasteiger partial charge in [0.1, 0.15) is 12.4 Å². The minimum Gasteiger partial charge on any atom is -0.492 e. The van der Waals surface area contributed by atoms with Crippen LogP contribution < -0.4 is 10.1 Å². The third-order valence-corrected chi connectivity index (χ3v) is 6.46. The number of hydrogen-bond acceptors (Lipinski definition) is 4. The van der Waals surface area contributed by atoms with Crippen LogP contribution in [0.1, 0.15) is 42.5 Å². The Morgan fingerprint density at radius 3 is 2.50 bits per heavy atom. The molecule has 1 N–H and O–H groups in total. The smallest absolute Gasteiger partial charge is 0.252 e. The average Bonchev–Trinajstić information content (AvgIpc) is 2.81. The largest absolute Gasteiger partial charge is 0.492 e. The number of nitrogens with one attached hydrogen (secondary N) is 1. The highest BCUT2D eigenvalue weighted by molar-refractivity contribution is 8.00. The molecule has 3 rings (SSSR count). The Hall–Kier alpha value is -2.47. The number of benzene rings is 2. The lowest BCUT2D eigenvalue weighted by Gasteiger charge is -2.31. The van der Waals surface area contributed by atoms with Gasteiger partial charge in [0, 0.05) is 18.0 Å². The molecule has 0 saturated heterocycles. The zero-order chi connectivity index (χ0) is 21.2. The summed E-state index contributed by atoms with van der Waals surface area (Å²) in [5, 5.41) is 2.90. The molecule has 1 aliphatic carbocycles. The molecule has 0 spiro atoms. The number of carbonyl (C=O) groups excluding carboxylic acids is 2. The molecule has 30 heavy (non-hydrogen) atoms. The summed E-state index contributed by atoms with van der Waals surface area (Å²) in [5.41, 5.74) is 0.593. The highest BCUT2D eigenvalue weighted by atomic mass is 32.2. The lowest BCUT2D eigenvalue weighted by Crippen LogP contribution is -2.39. The number of rotatable bonds is 9. The quantitative estimate of drug-likeness (QED) is 0.478. The zero-order valence-electron chi connectivity index (χ0n) is 17.5. The topological polar surface area (TPSA) is 58.6 Å². The van der Waals surface area contributed by atoms with Crippen molar-refractivity contribution >= 4 is 23.6 Å². The van der Waals surface area contributed by atoms with Crippen molar-refractivity contribution in [1.82, 2.24) is 10.2 Å². The van der Waals surface area contributed by atoms with Gasteiger partial charge >= 0.3 is 0 Å². The maximum absolute atomic E-state index is 12.6. The SMILES string of the molecule is CN(C(=O)CSc1ccccc1C(=O)NCCOc1ccccc1)C1CCCCC1. The monoisotopic (exact) mass is 426 g/mol. The van der Waals surface area contributed by atoms with Gasteiger partial charge in [-0.3, -0.25) is 9.59 Å². The first-order chi connectivity index (χ1) is 14.6. The van der Waals surface area contributed by atoms with Crippen LogP contribution in [0, 0.1) is 0 Å². The van der Waals surface area contributed by atoms with Gasteiger partial charge in [0.05, 0.1) is 17.9 Å². The molecule has 1 fully saturated rings. The molecular weight excluding hydrogens is 396 g/mol. The molecule has 5 nitrogen and oxygen atoms in total. The average molecular weight is 427 g/mol. The van der Waals surface area contributed by atoms with Crippen molar-refractivity contribution in [2.75, 3.05) is 26.0 Å². The summed E-state index contributed by atoms with van der Waals surface area (Å²) in [6, 6.07) is 17.3. The molecule has 0 aromatic heterocycles. The van der Waals surface area contributed by atoms with Crippen molar-refractivity contribution in [2.45, 2.75) is 43.0 Å². The third-order valence-electron chi connectivity index (χ3n) is 5.40. The molecule has 160 valence electrons. The van der Waals surface area contributed by atoms with Crippen molar-refractivity contribution in [3.63, 3.8) is 0 Å². The third kappa shape index (κ3) is 6.52. The van der Waals surface area contributed by atoms with E-state index in [-0.39, 0.29) is 11.8 Å². The maximum atomic E-state index is 12.6. The Balaban J connectivity index is 1.48. The number of thioether (sulfide) groups is 1. The van der Waals surface area contributed by atoms with Crippen molar-refractivity contribution in [3.05, 3.63) is 60.2 Å². The fraction of sp³-hybridized carbons (Fsp3) is 0.417. The van der Waals surface area contributed by atoms with Gasteiger partial charge in [-0.1, -0.05) is 49.6 Å². The molecule has 0 bridgehead atoms. The van der Waals surface area contributed by atoms with Gasteiger partial charge in [-0.25, -0.2) is 0 Å². The summed E-state index contributed by atoms with van der Waals surface area (Å²) in [6.07, 6.45) is 5.86. The minimum absolute atomic E-state index is 0.123. The number of amides is 2. The first-order valence-corrected chi connectivity index (χ1v) is 11.6. The van der Waals surface area contributed by atoms with Crippen LogP contribution >= 0.6 is 11.8 Å². The van der Waals surface area contributed by atoms with Gasteiger partial charge in [-0.15, -0.1) is 11.8 Å². The molecule has 2 amide bonds. The molecular formula is C24H30N2O3S. The van der Waals surface area contributed by atoms with Crippen LogP contribution in [0.4, 0.5) is 0 Å². The second kappa shape index (κ2) is 11.6. The van der Waals surface area contributed by atoms with Crippen molar-refractivity contribution in [2.24, 2.45) is 0 Å². The van der Waals surface area contributed by atoms with Gasteiger partial charge < -0.3 is 15.0 Å². The summed E-state index contributed by atoms with van der Waals surface area (Å²) >= 11 is 1.43. The molecule has 2 aromatic carbocycles. The van der Waals surface area contributed by atoms with Crippen LogP contribution in [0.3, 0.4) is 0 Å². The predicted molar refractivity (Wildman–Crippen MR) is 121 cm³/mol. The highest BCUT2D eigenvalue weighted by Crippen LogP contribution is 2.25. The summed E-state index contributed by atoms with van der Waals surface area (Å²) in [4.78, 5) is 28.0. The summed E-state index contributed by atoms with van der Waals surface area (Å²) in [5.74, 6) is 1.10. The molecule has 0 unspecified atom stereocenters. The van der Waals surface area contributed by atoms with Gasteiger partial charge in [-0.2, -0.15) is 0 Å². The van der Waals surface area contributed by atoms with E-state index in [0.29, 0.717) is 30.5 Å². The van der Waals surface area contributed by atoms with Crippen molar-refractivity contribution in [1.29, 1.82) is 0 Å². The molecule has 0 atom stereocenters. The van der Waals surface area contributed by atoms with E-state index in [9.17, 15) is 9.59 Å². The van der Waals surface area contributed by atoms with E-state index in [1.54, 1.807) is 6.07 Å². The zero-order valence-corrected chi connectivity index (χ0v) is 18.3. The number of nitrogens with zero attached hydrogens (tertiary/aromatic N) is 1. The number of ether oxygens (including phenoxy) is 1. The molecule has 0 radical (unpaired) electrons. The van der Waals surface area contributed by atoms with E-state index in [2.05, 4.69) is 5.32 Å². The molecule has 0 heterocycles.